The number of benzene rings is 4. The van der Waals surface area contributed by atoms with Crippen LogP contribution in [-0.4, -0.2) is 66.4 Å². The zero-order valence-corrected chi connectivity index (χ0v) is 35.1. The molecule has 0 bridgehead atoms. The van der Waals surface area contributed by atoms with Crippen molar-refractivity contribution in [3.63, 3.8) is 0 Å². The maximum absolute atomic E-state index is 14.0. The number of aliphatic imine (C=N–C) groups is 1. The molecule has 5 aromatic rings. The van der Waals surface area contributed by atoms with Crippen molar-refractivity contribution < 1.29 is 33.6 Å². The third kappa shape index (κ3) is 7.79. The second-order valence-corrected chi connectivity index (χ2v) is 17.5. The predicted molar refractivity (Wildman–Crippen MR) is 235 cm³/mol. The number of fused-ring (bicyclic) bond motifs is 8. The molecule has 0 saturated heterocycles. The fourth-order valence-electron chi connectivity index (χ4n) is 8.61. The van der Waals surface area contributed by atoms with Crippen molar-refractivity contribution in [1.82, 2.24) is 4.98 Å². The van der Waals surface area contributed by atoms with Crippen LogP contribution in [-0.2, 0) is 26.1 Å². The molecule has 4 aliphatic heterocycles. The summed E-state index contributed by atoms with van der Waals surface area (Å²) in [5.41, 5.74) is 7.95. The number of anilines is 3. The van der Waals surface area contributed by atoms with Gasteiger partial charge in [0.15, 0.2) is 29.2 Å². The lowest BCUT2D eigenvalue weighted by Crippen LogP contribution is -2.39. The van der Waals surface area contributed by atoms with Crippen molar-refractivity contribution in [2.24, 2.45) is 4.99 Å². The van der Waals surface area contributed by atoms with Crippen LogP contribution in [0.2, 0.25) is 0 Å². The van der Waals surface area contributed by atoms with Crippen LogP contribution in [0.25, 0.3) is 0 Å². The quantitative estimate of drug-likeness (QED) is 0.0789. The van der Waals surface area contributed by atoms with Crippen molar-refractivity contribution in [3.8, 4) is 28.7 Å². The van der Waals surface area contributed by atoms with Gasteiger partial charge in [0.2, 0.25) is 0 Å². The van der Waals surface area contributed by atoms with Gasteiger partial charge in [-0.05, 0) is 54.7 Å². The maximum atomic E-state index is 14.0. The van der Waals surface area contributed by atoms with E-state index in [2.05, 4.69) is 43.9 Å². The lowest BCUT2D eigenvalue weighted by Gasteiger charge is -2.29. The number of aliphatic hydroxyl groups is 1. The summed E-state index contributed by atoms with van der Waals surface area (Å²) in [6, 6.07) is 27.0. The summed E-state index contributed by atoms with van der Waals surface area (Å²) < 4.78 is 30.5. The number of hydrogen-bond donors (Lipinski definition) is 3. The molecular formula is C47H49N5O7S. The number of aliphatic hydroxyl groups excluding tert-OH is 1. The lowest BCUT2D eigenvalue weighted by molar-refractivity contribution is 0.0983. The molecule has 0 aliphatic carbocycles. The number of rotatable bonds is 13. The summed E-state index contributed by atoms with van der Waals surface area (Å²) in [4.78, 5) is 27.6. The van der Waals surface area contributed by atoms with E-state index in [-0.39, 0.29) is 36.0 Å². The molecule has 0 saturated carbocycles. The largest absolute Gasteiger partial charge is 0.493 e. The first-order valence-corrected chi connectivity index (χ1v) is 20.8. The summed E-state index contributed by atoms with van der Waals surface area (Å²) >= 11 is 4.67. The first-order chi connectivity index (χ1) is 29.1. The number of hydrogen-bond acceptors (Lipinski definition) is 12. The Morgan fingerprint density at radius 1 is 0.833 bits per heavy atom. The lowest BCUT2D eigenvalue weighted by atomic mass is 10.1. The Balaban J connectivity index is 0.954. The highest BCUT2D eigenvalue weighted by atomic mass is 32.1. The summed E-state index contributed by atoms with van der Waals surface area (Å²) in [7, 11) is 3.14. The number of ether oxygens (including phenoxy) is 5. The van der Waals surface area contributed by atoms with Crippen LogP contribution in [0.4, 0.5) is 22.7 Å². The predicted octanol–water partition coefficient (Wildman–Crippen LogP) is 8.26. The molecule has 12 nitrogen and oxygen atoms in total. The van der Waals surface area contributed by atoms with Crippen LogP contribution in [0.1, 0.15) is 71.4 Å². The van der Waals surface area contributed by atoms with E-state index in [9.17, 15) is 9.90 Å². The Morgan fingerprint density at radius 2 is 1.50 bits per heavy atom. The fraction of sp³-hybridized carbons (Fsp3) is 0.340. The molecule has 1 amide bonds. The molecule has 3 atom stereocenters. The summed E-state index contributed by atoms with van der Waals surface area (Å²) in [5.74, 6) is 2.39. The smallest absolute Gasteiger partial charge is 0.260 e. The summed E-state index contributed by atoms with van der Waals surface area (Å²) in [6.45, 7) is 5.45. The minimum absolute atomic E-state index is 0.00467. The van der Waals surface area contributed by atoms with Gasteiger partial charge in [0.05, 0.1) is 61.2 Å². The second-order valence-electron chi connectivity index (χ2n) is 16.2. The van der Waals surface area contributed by atoms with E-state index in [1.807, 2.05) is 70.6 Å². The molecule has 4 aromatic carbocycles. The van der Waals surface area contributed by atoms with Gasteiger partial charge in [-0.2, -0.15) is 12.6 Å². The molecule has 4 aliphatic rings. The number of carbonyl (C=O) groups is 1. The highest BCUT2D eigenvalue weighted by molar-refractivity contribution is 7.81. The Morgan fingerprint density at radius 3 is 2.22 bits per heavy atom. The molecule has 310 valence electrons. The van der Waals surface area contributed by atoms with Crippen LogP contribution in [0.3, 0.4) is 0 Å². The fourth-order valence-corrected chi connectivity index (χ4v) is 8.77. The SMILES string of the molecule is COc1cc2c(cc1OCc1cc(OCCCC(C)(C)S)cc(COc3cc4c(cc3OC)C(=O)N3c5ccccc5CC3CN4)n1)N=C[C@@H]1Cc3ccccc3N1C2O. The topological polar surface area (TPSA) is 127 Å². The third-order valence-electron chi connectivity index (χ3n) is 11.5. The Labute approximate surface area is 355 Å². The third-order valence-corrected chi connectivity index (χ3v) is 11.7. The Bertz CT molecular complexity index is 2470. The summed E-state index contributed by atoms with van der Waals surface area (Å²) in [5, 5.41) is 15.2. The second kappa shape index (κ2) is 16.3. The van der Waals surface area contributed by atoms with E-state index in [1.54, 1.807) is 32.4 Å². The first-order valence-electron chi connectivity index (χ1n) is 20.4. The molecule has 0 fully saturated rings. The molecule has 0 spiro atoms. The minimum Gasteiger partial charge on any atom is -0.493 e. The van der Waals surface area contributed by atoms with Gasteiger partial charge in [-0.25, -0.2) is 0 Å². The maximum Gasteiger partial charge on any atom is 0.260 e. The van der Waals surface area contributed by atoms with Gasteiger partial charge in [-0.1, -0.05) is 50.2 Å². The van der Waals surface area contributed by atoms with Crippen molar-refractivity contribution in [2.45, 2.75) is 75.8 Å². The van der Waals surface area contributed by atoms with Crippen molar-refractivity contribution in [3.05, 3.63) is 119 Å². The van der Waals surface area contributed by atoms with Gasteiger partial charge in [0.1, 0.15) is 19.0 Å². The standard InChI is InChI=1S/C47H49N5O7S/c1-47(2,60)14-9-15-57-34-18-30(26-58-43-22-37-35(20-41(43)55-3)45(53)51-32(24-48-37)16-28-10-5-7-12-39(28)51)50-31(19-34)27-59-44-23-38-36(21-42(44)56-4)46(54)52-33(25-49-38)17-29-11-6-8-13-40(29)52/h5-8,10-13,18-24,32-33,45,49,53,60H,9,14-17,25-27H2,1-4H3/t32-,33?,45?/m0/s1. The van der Waals surface area contributed by atoms with E-state index < -0.39 is 6.23 Å². The number of amides is 1. The Kier molecular flexibility index (Phi) is 10.7. The van der Waals surface area contributed by atoms with E-state index in [0.29, 0.717) is 75.8 Å². The van der Waals surface area contributed by atoms with Crippen molar-refractivity contribution in [1.29, 1.82) is 0 Å². The van der Waals surface area contributed by atoms with Crippen LogP contribution in [0.15, 0.2) is 89.9 Å². The molecule has 2 N–H and O–H groups in total. The van der Waals surface area contributed by atoms with Gasteiger partial charge < -0.3 is 43.9 Å². The van der Waals surface area contributed by atoms with Gasteiger partial charge in [0.25, 0.3) is 5.91 Å². The molecule has 60 heavy (non-hydrogen) atoms. The van der Waals surface area contributed by atoms with Gasteiger partial charge in [-0.15, -0.1) is 0 Å². The van der Waals surface area contributed by atoms with Gasteiger partial charge in [-0.3, -0.25) is 14.8 Å². The Hall–Kier alpha value is -5.92. The molecule has 9 rings (SSSR count). The molecular weight excluding hydrogens is 779 g/mol. The van der Waals surface area contributed by atoms with Crippen LogP contribution in [0.5, 0.6) is 28.7 Å². The van der Waals surface area contributed by atoms with Crippen LogP contribution in [0, 0.1) is 0 Å². The van der Waals surface area contributed by atoms with E-state index in [0.717, 1.165) is 37.1 Å². The van der Waals surface area contributed by atoms with Gasteiger partial charge >= 0.3 is 0 Å². The first kappa shape index (κ1) is 39.5. The summed E-state index contributed by atoms with van der Waals surface area (Å²) in [6.07, 6.45) is 4.22. The number of nitrogens with zero attached hydrogens (tertiary/aromatic N) is 4. The number of thiol groups is 1. The van der Waals surface area contributed by atoms with Crippen molar-refractivity contribution >= 4 is 47.5 Å². The van der Waals surface area contributed by atoms with Crippen LogP contribution >= 0.6 is 12.6 Å². The van der Waals surface area contributed by atoms with E-state index in [1.165, 1.54) is 11.1 Å². The average Bonchev–Trinajstić information content (AvgIpc) is 3.74. The zero-order valence-electron chi connectivity index (χ0n) is 34.2. The number of carbonyl (C=O) groups excluding carboxylic acids is 1. The number of methoxy groups -OCH3 is 2. The highest BCUT2D eigenvalue weighted by Gasteiger charge is 2.38. The number of para-hydroxylation sites is 2. The average molecular weight is 828 g/mol. The molecule has 0 radical (unpaired) electrons. The zero-order chi connectivity index (χ0) is 41.5. The van der Waals surface area contributed by atoms with Crippen LogP contribution < -0.4 is 38.8 Å². The number of pyridine rings is 1. The molecule has 13 heteroatoms. The van der Waals surface area contributed by atoms with E-state index in [4.69, 9.17) is 33.7 Å². The van der Waals surface area contributed by atoms with Crippen molar-refractivity contribution in [2.75, 3.05) is 42.5 Å². The van der Waals surface area contributed by atoms with E-state index >= 15 is 0 Å². The number of nitrogens with one attached hydrogen (secondary N) is 1. The highest BCUT2D eigenvalue weighted by Crippen LogP contribution is 2.46. The normalized spacial score (nSPS) is 18.5. The molecule has 5 heterocycles. The number of aromatic nitrogens is 1. The molecule has 2 unspecified atom stereocenters. The van der Waals surface area contributed by atoms with Gasteiger partial charge in [0, 0.05) is 65.1 Å². The molecule has 1 aromatic heterocycles. The monoisotopic (exact) mass is 827 g/mol. The minimum atomic E-state index is -0.922.